The van der Waals surface area contributed by atoms with Gasteiger partial charge in [0, 0.05) is 62.5 Å². The molecule has 1 amide bonds. The molecule has 4 heterocycles. The molecular weight excluding hydrogens is 350 g/mol. The van der Waals surface area contributed by atoms with E-state index in [-0.39, 0.29) is 11.3 Å². The van der Waals surface area contributed by atoms with Crippen molar-refractivity contribution in [3.05, 3.63) is 54.0 Å². The Bertz CT molecular complexity index is 861. The molecule has 1 atom stereocenters. The second-order valence-electron chi connectivity index (χ2n) is 7.93. The average molecular weight is 375 g/mol. The van der Waals surface area contributed by atoms with Gasteiger partial charge in [-0.1, -0.05) is 6.07 Å². The largest absolute Gasteiger partial charge is 0.356 e. The molecule has 2 aromatic heterocycles. The highest BCUT2D eigenvalue weighted by Crippen LogP contribution is 2.39. The molecule has 6 heteroatoms. The lowest BCUT2D eigenvalue weighted by atomic mass is 9.73. The minimum Gasteiger partial charge on any atom is -0.356 e. The molecule has 144 valence electrons. The van der Waals surface area contributed by atoms with Crippen LogP contribution in [0.15, 0.2) is 42.7 Å². The Morgan fingerprint density at radius 1 is 1.14 bits per heavy atom. The number of pyridine rings is 2. The number of carbonyl (C=O) groups excluding carboxylic acids is 1. The molecule has 2 aliphatic heterocycles. The van der Waals surface area contributed by atoms with E-state index in [1.165, 1.54) is 0 Å². The van der Waals surface area contributed by atoms with Crippen LogP contribution in [-0.2, 0) is 11.2 Å². The van der Waals surface area contributed by atoms with Crippen LogP contribution in [0, 0.1) is 16.7 Å². The van der Waals surface area contributed by atoms with Crippen molar-refractivity contribution in [2.24, 2.45) is 5.41 Å². The maximum Gasteiger partial charge on any atom is 0.222 e. The average Bonchev–Trinajstić information content (AvgIpc) is 2.75. The number of nitriles is 1. The van der Waals surface area contributed by atoms with Gasteiger partial charge in [-0.2, -0.15) is 5.26 Å². The summed E-state index contributed by atoms with van der Waals surface area (Å²) < 4.78 is 0. The first kappa shape index (κ1) is 18.4. The number of carbonyl (C=O) groups is 1. The lowest BCUT2D eigenvalue weighted by Crippen LogP contribution is -2.54. The van der Waals surface area contributed by atoms with Crippen molar-refractivity contribution in [3.8, 4) is 6.07 Å². The SMILES string of the molecule is N#Cc1ccc(N2CCC[C@]3(CCC(=O)N(CCc4ccccn4)C3)C2)nc1. The maximum atomic E-state index is 12.5. The third-order valence-corrected chi connectivity index (χ3v) is 5.97. The molecule has 0 aliphatic carbocycles. The summed E-state index contributed by atoms with van der Waals surface area (Å²) in [5.74, 6) is 1.19. The standard InChI is InChI=1S/C22H25N5O/c23-14-18-5-6-20(25-15-18)26-12-3-9-22(16-26)10-7-21(28)27(17-22)13-8-19-4-1-2-11-24-19/h1-2,4-6,11,15H,3,7-10,12-13,16-17H2/t22-/m0/s1. The van der Waals surface area contributed by atoms with Gasteiger partial charge in [-0.05, 0) is 43.5 Å². The van der Waals surface area contributed by atoms with Gasteiger partial charge < -0.3 is 9.80 Å². The van der Waals surface area contributed by atoms with E-state index in [0.29, 0.717) is 12.0 Å². The van der Waals surface area contributed by atoms with Crippen molar-refractivity contribution in [1.82, 2.24) is 14.9 Å². The van der Waals surface area contributed by atoms with E-state index in [2.05, 4.69) is 20.9 Å². The van der Waals surface area contributed by atoms with Crippen LogP contribution < -0.4 is 4.90 Å². The van der Waals surface area contributed by atoms with Gasteiger partial charge in [0.25, 0.3) is 0 Å². The van der Waals surface area contributed by atoms with E-state index < -0.39 is 0 Å². The summed E-state index contributed by atoms with van der Waals surface area (Å²) in [6, 6.07) is 11.8. The van der Waals surface area contributed by atoms with E-state index >= 15 is 0 Å². The third-order valence-electron chi connectivity index (χ3n) is 5.97. The Labute approximate surface area is 165 Å². The second kappa shape index (κ2) is 7.97. The number of hydrogen-bond donors (Lipinski definition) is 0. The number of aromatic nitrogens is 2. The van der Waals surface area contributed by atoms with Crippen LogP contribution in [0.25, 0.3) is 0 Å². The summed E-state index contributed by atoms with van der Waals surface area (Å²) in [5.41, 5.74) is 1.74. The molecule has 2 fully saturated rings. The van der Waals surface area contributed by atoms with Gasteiger partial charge in [0.15, 0.2) is 0 Å². The topological polar surface area (TPSA) is 73.1 Å². The van der Waals surface area contributed by atoms with E-state index in [1.807, 2.05) is 35.2 Å². The van der Waals surface area contributed by atoms with E-state index in [4.69, 9.17) is 5.26 Å². The summed E-state index contributed by atoms with van der Waals surface area (Å²) in [7, 11) is 0. The normalized spacial score (nSPS) is 22.3. The van der Waals surface area contributed by atoms with Crippen LogP contribution in [0.1, 0.15) is 36.9 Å². The zero-order valence-corrected chi connectivity index (χ0v) is 16.0. The molecule has 0 N–H and O–H groups in total. The third kappa shape index (κ3) is 3.99. The fraction of sp³-hybridized carbons (Fsp3) is 0.455. The smallest absolute Gasteiger partial charge is 0.222 e. The first-order valence-electron chi connectivity index (χ1n) is 9.96. The van der Waals surface area contributed by atoms with Gasteiger partial charge in [0.2, 0.25) is 5.91 Å². The highest BCUT2D eigenvalue weighted by molar-refractivity contribution is 5.77. The number of piperidine rings is 2. The van der Waals surface area contributed by atoms with Gasteiger partial charge in [-0.25, -0.2) is 4.98 Å². The van der Waals surface area contributed by atoms with Gasteiger partial charge in [0.05, 0.1) is 5.56 Å². The van der Waals surface area contributed by atoms with Crippen LogP contribution in [-0.4, -0.2) is 47.0 Å². The molecule has 4 rings (SSSR count). The Balaban J connectivity index is 1.44. The van der Waals surface area contributed by atoms with Crippen LogP contribution in [0.5, 0.6) is 0 Å². The first-order chi connectivity index (χ1) is 13.7. The number of nitrogens with zero attached hydrogens (tertiary/aromatic N) is 5. The Morgan fingerprint density at radius 3 is 2.82 bits per heavy atom. The van der Waals surface area contributed by atoms with E-state index in [1.54, 1.807) is 12.4 Å². The van der Waals surface area contributed by atoms with Gasteiger partial charge in [-0.3, -0.25) is 9.78 Å². The van der Waals surface area contributed by atoms with E-state index in [0.717, 1.165) is 63.4 Å². The Hall–Kier alpha value is -2.94. The first-order valence-corrected chi connectivity index (χ1v) is 9.96. The lowest BCUT2D eigenvalue weighted by molar-refractivity contribution is -0.137. The molecule has 1 spiro atoms. The molecule has 2 aromatic rings. The number of likely N-dealkylation sites (tertiary alicyclic amines) is 1. The van der Waals surface area contributed by atoms with Crippen LogP contribution in [0.2, 0.25) is 0 Å². The predicted octanol–water partition coefficient (Wildman–Crippen LogP) is 2.80. The minimum atomic E-state index is 0.131. The van der Waals surface area contributed by atoms with Gasteiger partial charge in [0.1, 0.15) is 11.9 Å². The minimum absolute atomic E-state index is 0.131. The molecule has 2 saturated heterocycles. The Morgan fingerprint density at radius 2 is 2.07 bits per heavy atom. The summed E-state index contributed by atoms with van der Waals surface area (Å²) in [6.07, 6.45) is 8.05. The van der Waals surface area contributed by atoms with Crippen LogP contribution in [0.4, 0.5) is 5.82 Å². The predicted molar refractivity (Wildman–Crippen MR) is 107 cm³/mol. The summed E-state index contributed by atoms with van der Waals surface area (Å²) >= 11 is 0. The van der Waals surface area contributed by atoms with E-state index in [9.17, 15) is 4.79 Å². The van der Waals surface area contributed by atoms with Crippen LogP contribution in [0.3, 0.4) is 0 Å². The quantitative estimate of drug-likeness (QED) is 0.822. The molecule has 0 aromatic carbocycles. The number of anilines is 1. The van der Waals surface area contributed by atoms with Crippen molar-refractivity contribution in [3.63, 3.8) is 0 Å². The zero-order valence-electron chi connectivity index (χ0n) is 16.0. The number of amides is 1. The molecule has 0 bridgehead atoms. The summed E-state index contributed by atoms with van der Waals surface area (Å²) in [6.45, 7) is 3.43. The molecular formula is C22H25N5O. The van der Waals surface area contributed by atoms with Gasteiger partial charge >= 0.3 is 0 Å². The number of hydrogen-bond acceptors (Lipinski definition) is 5. The van der Waals surface area contributed by atoms with Crippen molar-refractivity contribution in [1.29, 1.82) is 5.26 Å². The second-order valence-corrected chi connectivity index (χ2v) is 7.93. The highest BCUT2D eigenvalue weighted by atomic mass is 16.2. The monoisotopic (exact) mass is 375 g/mol. The van der Waals surface area contributed by atoms with Crippen molar-refractivity contribution < 1.29 is 4.79 Å². The fourth-order valence-corrected chi connectivity index (χ4v) is 4.48. The number of rotatable bonds is 4. The van der Waals surface area contributed by atoms with Gasteiger partial charge in [-0.15, -0.1) is 0 Å². The molecule has 0 radical (unpaired) electrons. The highest BCUT2D eigenvalue weighted by Gasteiger charge is 2.41. The molecule has 28 heavy (non-hydrogen) atoms. The Kier molecular flexibility index (Phi) is 5.25. The molecule has 0 saturated carbocycles. The zero-order chi connectivity index (χ0) is 19.4. The summed E-state index contributed by atoms with van der Waals surface area (Å²) in [4.78, 5) is 25.7. The maximum absolute atomic E-state index is 12.5. The lowest BCUT2D eigenvalue weighted by Gasteiger charge is -2.48. The molecule has 6 nitrogen and oxygen atoms in total. The molecule has 0 unspecified atom stereocenters. The molecule has 2 aliphatic rings. The van der Waals surface area contributed by atoms with Crippen molar-refractivity contribution in [2.75, 3.05) is 31.1 Å². The van der Waals surface area contributed by atoms with Crippen molar-refractivity contribution >= 4 is 11.7 Å². The fourth-order valence-electron chi connectivity index (χ4n) is 4.48. The van der Waals surface area contributed by atoms with Crippen molar-refractivity contribution in [2.45, 2.75) is 32.1 Å². The summed E-state index contributed by atoms with van der Waals surface area (Å²) in [5, 5.41) is 8.98. The van der Waals surface area contributed by atoms with Crippen LogP contribution >= 0.6 is 0 Å².